The summed E-state index contributed by atoms with van der Waals surface area (Å²) < 4.78 is 0. The molecule has 0 amide bonds. The van der Waals surface area contributed by atoms with E-state index in [9.17, 15) is 9.59 Å². The highest BCUT2D eigenvalue weighted by atomic mass is 16.4. The molecular weight excluding hydrogens is 120 g/mol. The Hall–Kier alpha value is -1.12. The van der Waals surface area contributed by atoms with E-state index in [1.165, 1.54) is 19.1 Å². The van der Waals surface area contributed by atoms with Gasteiger partial charge < -0.3 is 5.11 Å². The molecule has 0 aliphatic carbocycles. The van der Waals surface area contributed by atoms with E-state index in [-0.39, 0.29) is 12.2 Å². The summed E-state index contributed by atoms with van der Waals surface area (Å²) in [6, 6.07) is 0. The fourth-order valence-corrected chi connectivity index (χ4v) is 0.326. The van der Waals surface area contributed by atoms with Crippen LogP contribution in [0.25, 0.3) is 0 Å². The Morgan fingerprint density at radius 3 is 2.44 bits per heavy atom. The van der Waals surface area contributed by atoms with Gasteiger partial charge in [0.05, 0.1) is 6.42 Å². The first kappa shape index (κ1) is 7.88. The minimum Gasteiger partial charge on any atom is -0.481 e. The SMILES string of the molecule is CC(=O)/C=C/CC(=O)O. The molecule has 0 aliphatic heterocycles. The summed E-state index contributed by atoms with van der Waals surface area (Å²) in [4.78, 5) is 20.0. The number of rotatable bonds is 3. The average Bonchev–Trinajstić information content (AvgIpc) is 1.63. The molecule has 1 N–H and O–H groups in total. The van der Waals surface area contributed by atoms with Crippen molar-refractivity contribution in [3.05, 3.63) is 12.2 Å². The van der Waals surface area contributed by atoms with E-state index in [2.05, 4.69) is 0 Å². The molecule has 3 nitrogen and oxygen atoms in total. The van der Waals surface area contributed by atoms with Crippen LogP contribution in [0, 0.1) is 0 Å². The molecule has 0 aliphatic rings. The number of allylic oxidation sites excluding steroid dienone is 1. The third-order valence-corrected chi connectivity index (χ3v) is 0.645. The lowest BCUT2D eigenvalue weighted by Crippen LogP contribution is -1.90. The summed E-state index contributed by atoms with van der Waals surface area (Å²) in [7, 11) is 0. The molecule has 0 saturated carbocycles. The minimum absolute atomic E-state index is 0.0837. The van der Waals surface area contributed by atoms with Crippen LogP contribution in [0.15, 0.2) is 12.2 Å². The third-order valence-electron chi connectivity index (χ3n) is 0.645. The van der Waals surface area contributed by atoms with Crippen molar-refractivity contribution in [2.24, 2.45) is 0 Å². The Kier molecular flexibility index (Phi) is 3.35. The number of carbonyl (C=O) groups excluding carboxylic acids is 1. The molecule has 0 radical (unpaired) electrons. The second kappa shape index (κ2) is 3.83. The van der Waals surface area contributed by atoms with Crippen molar-refractivity contribution in [3.8, 4) is 0 Å². The van der Waals surface area contributed by atoms with Gasteiger partial charge in [0, 0.05) is 0 Å². The molecule has 0 aromatic rings. The number of carboxylic acids is 1. The van der Waals surface area contributed by atoms with E-state index in [0.717, 1.165) is 0 Å². The van der Waals surface area contributed by atoms with Gasteiger partial charge in [-0.1, -0.05) is 6.08 Å². The zero-order valence-corrected chi connectivity index (χ0v) is 5.13. The number of hydrogen-bond acceptors (Lipinski definition) is 2. The Bertz CT molecular complexity index is 146. The highest BCUT2D eigenvalue weighted by Crippen LogP contribution is 1.82. The first-order valence-corrected chi connectivity index (χ1v) is 2.52. The van der Waals surface area contributed by atoms with Crippen molar-refractivity contribution in [1.82, 2.24) is 0 Å². The molecule has 0 fully saturated rings. The number of aliphatic carboxylic acids is 1. The predicted octanol–water partition coefficient (Wildman–Crippen LogP) is 0.606. The molecule has 3 heteroatoms. The second-order valence-electron chi connectivity index (χ2n) is 1.61. The third kappa shape index (κ3) is 6.88. The normalized spacial score (nSPS) is 9.89. The number of carbonyl (C=O) groups is 2. The van der Waals surface area contributed by atoms with E-state index in [1.54, 1.807) is 0 Å². The molecule has 0 bridgehead atoms. The summed E-state index contributed by atoms with van der Waals surface area (Å²) in [6.07, 6.45) is 2.48. The van der Waals surface area contributed by atoms with Crippen LogP contribution in [0.4, 0.5) is 0 Å². The van der Waals surface area contributed by atoms with Crippen molar-refractivity contribution < 1.29 is 14.7 Å². The Morgan fingerprint density at radius 1 is 1.56 bits per heavy atom. The number of hydrogen-bond donors (Lipinski definition) is 1. The van der Waals surface area contributed by atoms with Gasteiger partial charge in [-0.3, -0.25) is 9.59 Å². The molecule has 9 heavy (non-hydrogen) atoms. The lowest BCUT2D eigenvalue weighted by atomic mass is 10.3. The van der Waals surface area contributed by atoms with Gasteiger partial charge in [-0.25, -0.2) is 0 Å². The second-order valence-corrected chi connectivity index (χ2v) is 1.61. The molecule has 0 saturated heterocycles. The highest BCUT2D eigenvalue weighted by Gasteiger charge is 1.89. The van der Waals surface area contributed by atoms with Crippen LogP contribution in [0.5, 0.6) is 0 Å². The molecule has 0 rings (SSSR count). The van der Waals surface area contributed by atoms with E-state index in [1.807, 2.05) is 0 Å². The maximum atomic E-state index is 10.1. The molecule has 0 aromatic heterocycles. The van der Waals surface area contributed by atoms with Crippen LogP contribution >= 0.6 is 0 Å². The monoisotopic (exact) mass is 128 g/mol. The largest absolute Gasteiger partial charge is 0.481 e. The van der Waals surface area contributed by atoms with Gasteiger partial charge >= 0.3 is 5.97 Å². The zero-order chi connectivity index (χ0) is 7.28. The first-order chi connectivity index (χ1) is 4.13. The van der Waals surface area contributed by atoms with E-state index < -0.39 is 5.97 Å². The van der Waals surface area contributed by atoms with Crippen LogP contribution in [0.1, 0.15) is 13.3 Å². The molecule has 0 unspecified atom stereocenters. The van der Waals surface area contributed by atoms with Gasteiger partial charge in [0.25, 0.3) is 0 Å². The van der Waals surface area contributed by atoms with Crippen LogP contribution in [0.2, 0.25) is 0 Å². The molecule has 0 heterocycles. The fraction of sp³-hybridized carbons (Fsp3) is 0.333. The summed E-state index contributed by atoms with van der Waals surface area (Å²) in [5, 5.41) is 8.06. The van der Waals surface area contributed by atoms with Crippen LogP contribution in [-0.2, 0) is 9.59 Å². The molecular formula is C6H8O3. The summed E-state index contributed by atoms with van der Waals surface area (Å²) >= 11 is 0. The quantitative estimate of drug-likeness (QED) is 0.566. The van der Waals surface area contributed by atoms with Crippen molar-refractivity contribution >= 4 is 11.8 Å². The van der Waals surface area contributed by atoms with Gasteiger partial charge in [0.15, 0.2) is 5.78 Å². The van der Waals surface area contributed by atoms with Gasteiger partial charge in [-0.05, 0) is 13.0 Å². The molecule has 0 spiro atoms. The summed E-state index contributed by atoms with van der Waals surface area (Å²) in [5.74, 6) is -1.05. The number of ketones is 1. The topological polar surface area (TPSA) is 54.4 Å². The minimum atomic E-state index is -0.924. The zero-order valence-electron chi connectivity index (χ0n) is 5.13. The van der Waals surface area contributed by atoms with E-state index in [4.69, 9.17) is 5.11 Å². The van der Waals surface area contributed by atoms with Gasteiger partial charge in [-0.2, -0.15) is 0 Å². The lowest BCUT2D eigenvalue weighted by Gasteiger charge is -1.80. The number of carboxylic acid groups (broad SMARTS) is 1. The highest BCUT2D eigenvalue weighted by molar-refractivity contribution is 5.87. The Balaban J connectivity index is 3.48. The molecule has 0 atom stereocenters. The van der Waals surface area contributed by atoms with Crippen molar-refractivity contribution in [2.45, 2.75) is 13.3 Å². The summed E-state index contributed by atoms with van der Waals surface area (Å²) in [6.45, 7) is 1.37. The van der Waals surface area contributed by atoms with Gasteiger partial charge in [0.1, 0.15) is 0 Å². The average molecular weight is 128 g/mol. The maximum Gasteiger partial charge on any atom is 0.307 e. The molecule has 0 aromatic carbocycles. The summed E-state index contributed by atoms with van der Waals surface area (Å²) in [5.41, 5.74) is 0. The predicted molar refractivity (Wildman–Crippen MR) is 32.1 cm³/mol. The van der Waals surface area contributed by atoms with Crippen LogP contribution in [-0.4, -0.2) is 16.9 Å². The van der Waals surface area contributed by atoms with Crippen LogP contribution < -0.4 is 0 Å². The first-order valence-electron chi connectivity index (χ1n) is 2.52. The fourth-order valence-electron chi connectivity index (χ4n) is 0.326. The lowest BCUT2D eigenvalue weighted by molar-refractivity contribution is -0.135. The van der Waals surface area contributed by atoms with Gasteiger partial charge in [0.2, 0.25) is 0 Å². The van der Waals surface area contributed by atoms with Crippen molar-refractivity contribution in [3.63, 3.8) is 0 Å². The van der Waals surface area contributed by atoms with Crippen LogP contribution in [0.3, 0.4) is 0 Å². The Labute approximate surface area is 53.0 Å². The van der Waals surface area contributed by atoms with Crippen molar-refractivity contribution in [2.75, 3.05) is 0 Å². The standard InChI is InChI=1S/C6H8O3/c1-5(7)3-2-4-6(8)9/h2-3H,4H2,1H3,(H,8,9)/b3-2+. The van der Waals surface area contributed by atoms with Gasteiger partial charge in [-0.15, -0.1) is 0 Å². The van der Waals surface area contributed by atoms with E-state index >= 15 is 0 Å². The van der Waals surface area contributed by atoms with Crippen molar-refractivity contribution in [1.29, 1.82) is 0 Å². The molecule has 50 valence electrons. The maximum absolute atomic E-state index is 10.1. The Morgan fingerprint density at radius 2 is 2.11 bits per heavy atom. The van der Waals surface area contributed by atoms with E-state index in [0.29, 0.717) is 0 Å². The smallest absolute Gasteiger partial charge is 0.307 e.